The van der Waals surface area contributed by atoms with E-state index < -0.39 is 18.4 Å². The molecule has 7 heteroatoms. The number of nitrogens with zero attached hydrogens (tertiary/aromatic N) is 2. The van der Waals surface area contributed by atoms with Crippen LogP contribution in [0.25, 0.3) is 0 Å². The van der Waals surface area contributed by atoms with Crippen molar-refractivity contribution in [1.29, 1.82) is 0 Å². The molecule has 0 saturated heterocycles. The van der Waals surface area contributed by atoms with E-state index in [1.165, 1.54) is 10.9 Å². The zero-order chi connectivity index (χ0) is 15.4. The number of rotatable bonds is 6. The maximum Gasteiger partial charge on any atom is 0.325 e. The number of hydrogen-bond donors (Lipinski definition) is 2. The van der Waals surface area contributed by atoms with Crippen molar-refractivity contribution in [2.45, 2.75) is 19.0 Å². The Morgan fingerprint density at radius 2 is 2.05 bits per heavy atom. The molecule has 1 atom stereocenters. The second-order valence-electron chi connectivity index (χ2n) is 4.58. The number of aryl methyl sites for hydroxylation is 1. The number of nitrogens with one attached hydrogen (secondary N) is 1. The summed E-state index contributed by atoms with van der Waals surface area (Å²) in [6, 6.07) is 7.60. The van der Waals surface area contributed by atoms with E-state index in [-0.39, 0.29) is 17.8 Å². The first-order valence-corrected chi connectivity index (χ1v) is 6.30. The summed E-state index contributed by atoms with van der Waals surface area (Å²) in [7, 11) is 1.54. The van der Waals surface area contributed by atoms with Crippen molar-refractivity contribution in [3.63, 3.8) is 0 Å². The lowest BCUT2D eigenvalue weighted by molar-refractivity contribution is -0.139. The largest absolute Gasteiger partial charge is 0.480 e. The molecule has 1 heterocycles. The maximum absolute atomic E-state index is 12.8. The third kappa shape index (κ3) is 3.63. The molecule has 0 radical (unpaired) electrons. The molecule has 2 N–H and O–H groups in total. The van der Waals surface area contributed by atoms with Crippen LogP contribution in [0, 0.1) is 0 Å². The highest BCUT2D eigenvalue weighted by molar-refractivity contribution is 5.75. The summed E-state index contributed by atoms with van der Waals surface area (Å²) < 4.78 is 26.9. The van der Waals surface area contributed by atoms with Gasteiger partial charge in [0.25, 0.3) is 6.43 Å². The smallest absolute Gasteiger partial charge is 0.325 e. The number of benzene rings is 1. The van der Waals surface area contributed by atoms with Gasteiger partial charge in [0.15, 0.2) is 0 Å². The van der Waals surface area contributed by atoms with Crippen LogP contribution in [0.1, 0.15) is 29.3 Å². The highest BCUT2D eigenvalue weighted by Crippen LogP contribution is 2.22. The summed E-state index contributed by atoms with van der Waals surface area (Å²) in [6.07, 6.45) is -1.23. The number of alkyl halides is 2. The van der Waals surface area contributed by atoms with Crippen molar-refractivity contribution in [2.24, 2.45) is 7.05 Å². The maximum atomic E-state index is 12.8. The summed E-state index contributed by atoms with van der Waals surface area (Å²) in [6.45, 7) is -0.000621. The van der Waals surface area contributed by atoms with E-state index in [0.717, 1.165) is 0 Å². The molecule has 0 saturated carbocycles. The van der Waals surface area contributed by atoms with Crippen molar-refractivity contribution < 1.29 is 18.7 Å². The topological polar surface area (TPSA) is 67.2 Å². The summed E-state index contributed by atoms with van der Waals surface area (Å²) >= 11 is 0. The number of aromatic nitrogens is 2. The van der Waals surface area contributed by atoms with Crippen molar-refractivity contribution in [1.82, 2.24) is 15.1 Å². The fourth-order valence-corrected chi connectivity index (χ4v) is 2.08. The van der Waals surface area contributed by atoms with Gasteiger partial charge in [0, 0.05) is 25.4 Å². The molecule has 2 rings (SSSR count). The first kappa shape index (κ1) is 15.1. The first-order chi connectivity index (χ1) is 9.99. The average Bonchev–Trinajstić information content (AvgIpc) is 2.81. The molecule has 0 spiro atoms. The standard InChI is InChI=1S/C14H15F2N3O2/c1-19-8-10(11(18-19)13(15)16)7-17-12(14(20)21)9-5-3-2-4-6-9/h2-6,8,12-13,17H,7H2,1H3,(H,20,21)/t12-/m0/s1. The minimum atomic E-state index is -2.69. The third-order valence-corrected chi connectivity index (χ3v) is 3.02. The minimum Gasteiger partial charge on any atom is -0.480 e. The number of carboxylic acid groups (broad SMARTS) is 1. The van der Waals surface area contributed by atoms with Gasteiger partial charge in [0.1, 0.15) is 11.7 Å². The zero-order valence-electron chi connectivity index (χ0n) is 11.3. The molecule has 21 heavy (non-hydrogen) atoms. The Kier molecular flexibility index (Phi) is 4.64. The highest BCUT2D eigenvalue weighted by atomic mass is 19.3. The normalized spacial score (nSPS) is 12.6. The molecule has 112 valence electrons. The molecule has 1 aromatic heterocycles. The quantitative estimate of drug-likeness (QED) is 0.858. The fraction of sp³-hybridized carbons (Fsp3) is 0.286. The number of aliphatic carboxylic acids is 1. The predicted octanol–water partition coefficient (Wildman–Crippen LogP) is 2.27. The third-order valence-electron chi connectivity index (χ3n) is 3.02. The lowest BCUT2D eigenvalue weighted by Crippen LogP contribution is -2.28. The molecule has 5 nitrogen and oxygen atoms in total. The van der Waals surface area contributed by atoms with Gasteiger partial charge in [-0.05, 0) is 5.56 Å². The van der Waals surface area contributed by atoms with Crippen LogP contribution in [0.4, 0.5) is 8.78 Å². The van der Waals surface area contributed by atoms with E-state index in [2.05, 4.69) is 10.4 Å². The molecule has 1 aromatic carbocycles. The first-order valence-electron chi connectivity index (χ1n) is 6.30. The van der Waals surface area contributed by atoms with Crippen LogP contribution in [0.3, 0.4) is 0 Å². The monoisotopic (exact) mass is 295 g/mol. The molecule has 2 aromatic rings. The predicted molar refractivity (Wildman–Crippen MR) is 71.8 cm³/mol. The van der Waals surface area contributed by atoms with E-state index in [4.69, 9.17) is 0 Å². The Morgan fingerprint density at radius 1 is 1.38 bits per heavy atom. The van der Waals surface area contributed by atoms with Crippen LogP contribution in [-0.2, 0) is 18.4 Å². The van der Waals surface area contributed by atoms with Crippen LogP contribution in [-0.4, -0.2) is 20.9 Å². The summed E-state index contributed by atoms with van der Waals surface area (Å²) in [5, 5.41) is 15.7. The second kappa shape index (κ2) is 6.45. The van der Waals surface area contributed by atoms with Gasteiger partial charge in [-0.15, -0.1) is 0 Å². The minimum absolute atomic E-state index is 0.000621. The number of halogens is 2. The van der Waals surface area contributed by atoms with Gasteiger partial charge in [0.2, 0.25) is 0 Å². The lowest BCUT2D eigenvalue weighted by Gasteiger charge is -2.14. The Morgan fingerprint density at radius 3 is 2.62 bits per heavy atom. The van der Waals surface area contributed by atoms with Gasteiger partial charge in [-0.3, -0.25) is 14.8 Å². The summed E-state index contributed by atoms with van der Waals surface area (Å²) in [5.74, 6) is -1.07. The number of carboxylic acids is 1. The van der Waals surface area contributed by atoms with Crippen LogP contribution in [0.15, 0.2) is 36.5 Å². The van der Waals surface area contributed by atoms with E-state index in [0.29, 0.717) is 5.56 Å². The molecule has 0 aliphatic heterocycles. The van der Waals surface area contributed by atoms with Crippen LogP contribution in [0.2, 0.25) is 0 Å². The Hall–Kier alpha value is -2.28. The summed E-state index contributed by atoms with van der Waals surface area (Å²) in [5.41, 5.74) is 0.518. The Bertz CT molecular complexity index is 614. The number of hydrogen-bond acceptors (Lipinski definition) is 3. The van der Waals surface area contributed by atoms with E-state index in [9.17, 15) is 18.7 Å². The lowest BCUT2D eigenvalue weighted by atomic mass is 10.1. The van der Waals surface area contributed by atoms with E-state index in [1.807, 2.05) is 0 Å². The zero-order valence-corrected chi connectivity index (χ0v) is 11.3. The van der Waals surface area contributed by atoms with Crippen molar-refractivity contribution in [3.05, 3.63) is 53.3 Å². The molecule has 0 amide bonds. The number of carbonyl (C=O) groups is 1. The van der Waals surface area contributed by atoms with Crippen molar-refractivity contribution >= 4 is 5.97 Å². The van der Waals surface area contributed by atoms with Gasteiger partial charge in [0.05, 0.1) is 0 Å². The van der Waals surface area contributed by atoms with Crippen LogP contribution < -0.4 is 5.32 Å². The van der Waals surface area contributed by atoms with Crippen molar-refractivity contribution in [3.8, 4) is 0 Å². The van der Waals surface area contributed by atoms with Gasteiger partial charge in [-0.2, -0.15) is 5.10 Å². The average molecular weight is 295 g/mol. The van der Waals surface area contributed by atoms with Crippen molar-refractivity contribution in [2.75, 3.05) is 0 Å². The fourth-order valence-electron chi connectivity index (χ4n) is 2.08. The van der Waals surface area contributed by atoms with Gasteiger partial charge in [-0.25, -0.2) is 8.78 Å². The van der Waals surface area contributed by atoms with Crippen LogP contribution in [0.5, 0.6) is 0 Å². The molecule has 0 fully saturated rings. The molecule has 0 aliphatic carbocycles. The molecular weight excluding hydrogens is 280 g/mol. The summed E-state index contributed by atoms with van der Waals surface area (Å²) in [4.78, 5) is 11.3. The Labute approximate surface area is 120 Å². The second-order valence-corrected chi connectivity index (χ2v) is 4.58. The van der Waals surface area contributed by atoms with Gasteiger partial charge in [-0.1, -0.05) is 30.3 Å². The van der Waals surface area contributed by atoms with Gasteiger partial charge < -0.3 is 5.11 Å². The highest BCUT2D eigenvalue weighted by Gasteiger charge is 2.22. The molecule has 0 bridgehead atoms. The SMILES string of the molecule is Cn1cc(CN[C@H](C(=O)O)c2ccccc2)c(C(F)F)n1. The van der Waals surface area contributed by atoms with Gasteiger partial charge >= 0.3 is 5.97 Å². The molecule has 0 unspecified atom stereocenters. The Balaban J connectivity index is 2.15. The molecule has 0 aliphatic rings. The molecular formula is C14H15F2N3O2. The van der Waals surface area contributed by atoms with Crippen LogP contribution >= 0.6 is 0 Å². The van der Waals surface area contributed by atoms with E-state index in [1.54, 1.807) is 37.4 Å². The van der Waals surface area contributed by atoms with E-state index >= 15 is 0 Å².